The Labute approximate surface area is 120 Å². The maximum Gasteiger partial charge on any atom is 0.287 e. The Bertz CT molecular complexity index is 661. The van der Waals surface area contributed by atoms with E-state index < -0.39 is 0 Å². The SMILES string of the molecule is O=C(Cn1ccccc1=O)NCCNC(=O)c1ccco1. The summed E-state index contributed by atoms with van der Waals surface area (Å²) < 4.78 is 6.23. The fourth-order valence-electron chi connectivity index (χ4n) is 1.67. The lowest BCUT2D eigenvalue weighted by molar-refractivity contribution is -0.121. The number of amides is 2. The van der Waals surface area contributed by atoms with Crippen molar-refractivity contribution in [2.75, 3.05) is 13.1 Å². The second-order valence-corrected chi connectivity index (χ2v) is 4.25. The van der Waals surface area contributed by atoms with Crippen LogP contribution in [0, 0.1) is 0 Å². The number of hydrogen-bond acceptors (Lipinski definition) is 4. The fraction of sp³-hybridized carbons (Fsp3) is 0.214. The van der Waals surface area contributed by atoms with Crippen LogP contribution in [0.25, 0.3) is 0 Å². The van der Waals surface area contributed by atoms with Crippen molar-refractivity contribution in [2.24, 2.45) is 0 Å². The molecule has 7 nitrogen and oxygen atoms in total. The molecule has 2 heterocycles. The van der Waals surface area contributed by atoms with Crippen LogP contribution >= 0.6 is 0 Å². The van der Waals surface area contributed by atoms with Crippen molar-refractivity contribution in [1.29, 1.82) is 0 Å². The lowest BCUT2D eigenvalue weighted by Crippen LogP contribution is -2.37. The minimum absolute atomic E-state index is 0.0498. The third-order valence-electron chi connectivity index (χ3n) is 2.69. The number of nitrogens with one attached hydrogen (secondary N) is 2. The molecule has 0 radical (unpaired) electrons. The fourth-order valence-corrected chi connectivity index (χ4v) is 1.67. The predicted molar refractivity (Wildman–Crippen MR) is 74.8 cm³/mol. The third kappa shape index (κ3) is 4.34. The average Bonchev–Trinajstić information content (AvgIpc) is 3.00. The van der Waals surface area contributed by atoms with Gasteiger partial charge >= 0.3 is 0 Å². The molecule has 2 aromatic heterocycles. The third-order valence-corrected chi connectivity index (χ3v) is 2.69. The predicted octanol–water partition coefficient (Wildman–Crippen LogP) is -0.0125. The standard InChI is InChI=1S/C14H15N3O4/c18-12(10-17-8-2-1-5-13(17)19)15-6-7-16-14(20)11-4-3-9-21-11/h1-5,8-9H,6-7,10H2,(H,15,18)(H,16,20). The first-order chi connectivity index (χ1) is 10.2. The average molecular weight is 289 g/mol. The minimum atomic E-state index is -0.339. The molecule has 0 saturated heterocycles. The van der Waals surface area contributed by atoms with Crippen LogP contribution in [0.5, 0.6) is 0 Å². The first-order valence-electron chi connectivity index (χ1n) is 6.40. The van der Waals surface area contributed by atoms with Crippen molar-refractivity contribution in [3.8, 4) is 0 Å². The first kappa shape index (κ1) is 14.6. The van der Waals surface area contributed by atoms with Crippen LogP contribution in [-0.4, -0.2) is 29.5 Å². The van der Waals surface area contributed by atoms with E-state index >= 15 is 0 Å². The lowest BCUT2D eigenvalue weighted by Gasteiger charge is -2.07. The van der Waals surface area contributed by atoms with E-state index in [1.807, 2.05) is 0 Å². The van der Waals surface area contributed by atoms with E-state index in [2.05, 4.69) is 10.6 Å². The van der Waals surface area contributed by atoms with Gasteiger partial charge in [0.05, 0.1) is 6.26 Å². The van der Waals surface area contributed by atoms with Crippen molar-refractivity contribution in [1.82, 2.24) is 15.2 Å². The Kier molecular flexibility index (Phi) is 4.92. The summed E-state index contributed by atoms with van der Waals surface area (Å²) in [7, 11) is 0. The number of nitrogens with zero attached hydrogens (tertiary/aromatic N) is 1. The molecule has 0 aliphatic carbocycles. The van der Waals surface area contributed by atoms with Crippen molar-refractivity contribution in [2.45, 2.75) is 6.54 Å². The van der Waals surface area contributed by atoms with Crippen LogP contribution in [0.3, 0.4) is 0 Å². The molecule has 0 spiro atoms. The van der Waals surface area contributed by atoms with Gasteiger partial charge in [-0.25, -0.2) is 0 Å². The Morgan fingerprint density at radius 3 is 2.62 bits per heavy atom. The zero-order chi connectivity index (χ0) is 15.1. The molecule has 0 aliphatic heterocycles. The molecule has 21 heavy (non-hydrogen) atoms. The molecular formula is C14H15N3O4. The normalized spacial score (nSPS) is 10.1. The van der Waals surface area contributed by atoms with Gasteiger partial charge in [0.2, 0.25) is 5.91 Å². The molecule has 0 bridgehead atoms. The molecule has 2 amide bonds. The molecule has 0 saturated carbocycles. The highest BCUT2D eigenvalue weighted by Gasteiger charge is 2.07. The van der Waals surface area contributed by atoms with Gasteiger partial charge in [0.25, 0.3) is 11.5 Å². The number of carbonyl (C=O) groups excluding carboxylic acids is 2. The number of rotatable bonds is 6. The number of hydrogen-bond donors (Lipinski definition) is 2. The summed E-state index contributed by atoms with van der Waals surface area (Å²) in [6.07, 6.45) is 2.95. The van der Waals surface area contributed by atoms with Crippen LogP contribution in [0.2, 0.25) is 0 Å². The van der Waals surface area contributed by atoms with E-state index in [4.69, 9.17) is 4.42 Å². The van der Waals surface area contributed by atoms with Gasteiger partial charge in [0, 0.05) is 25.4 Å². The topological polar surface area (TPSA) is 93.3 Å². The van der Waals surface area contributed by atoms with Crippen LogP contribution in [0.4, 0.5) is 0 Å². The van der Waals surface area contributed by atoms with E-state index in [1.165, 1.54) is 16.9 Å². The van der Waals surface area contributed by atoms with E-state index in [0.29, 0.717) is 0 Å². The lowest BCUT2D eigenvalue weighted by atomic mass is 10.4. The van der Waals surface area contributed by atoms with Crippen molar-refractivity contribution >= 4 is 11.8 Å². The minimum Gasteiger partial charge on any atom is -0.459 e. The van der Waals surface area contributed by atoms with E-state index in [1.54, 1.807) is 30.5 Å². The highest BCUT2D eigenvalue weighted by Crippen LogP contribution is 1.98. The molecule has 2 rings (SSSR count). The van der Waals surface area contributed by atoms with Gasteiger partial charge in [-0.2, -0.15) is 0 Å². The summed E-state index contributed by atoms with van der Waals surface area (Å²) >= 11 is 0. The summed E-state index contributed by atoms with van der Waals surface area (Å²) in [6, 6.07) is 7.85. The molecule has 2 N–H and O–H groups in total. The smallest absolute Gasteiger partial charge is 0.287 e. The molecule has 0 unspecified atom stereocenters. The van der Waals surface area contributed by atoms with Gasteiger partial charge in [-0.05, 0) is 18.2 Å². The summed E-state index contributed by atoms with van der Waals surface area (Å²) in [6.45, 7) is 0.494. The van der Waals surface area contributed by atoms with E-state index in [9.17, 15) is 14.4 Å². The monoisotopic (exact) mass is 289 g/mol. The highest BCUT2D eigenvalue weighted by molar-refractivity contribution is 5.91. The molecule has 0 atom stereocenters. The van der Waals surface area contributed by atoms with Gasteiger partial charge in [0.1, 0.15) is 6.54 Å². The van der Waals surface area contributed by atoms with Crippen molar-refractivity contribution in [3.63, 3.8) is 0 Å². The van der Waals surface area contributed by atoms with Gasteiger partial charge in [-0.3, -0.25) is 14.4 Å². The van der Waals surface area contributed by atoms with E-state index in [0.717, 1.165) is 0 Å². The van der Waals surface area contributed by atoms with Crippen molar-refractivity contribution in [3.05, 3.63) is 58.9 Å². The van der Waals surface area contributed by atoms with Gasteiger partial charge < -0.3 is 19.6 Å². The molecule has 0 aromatic carbocycles. The maximum atomic E-state index is 11.6. The van der Waals surface area contributed by atoms with Crippen LogP contribution in [0.15, 0.2) is 52.0 Å². The van der Waals surface area contributed by atoms with Crippen molar-refractivity contribution < 1.29 is 14.0 Å². The number of carbonyl (C=O) groups is 2. The Hall–Kier alpha value is -2.83. The summed E-state index contributed by atoms with van der Waals surface area (Å²) in [4.78, 5) is 34.6. The molecule has 0 aliphatic rings. The molecule has 7 heteroatoms. The summed E-state index contributed by atoms with van der Waals surface area (Å²) in [5.74, 6) is -0.416. The zero-order valence-corrected chi connectivity index (χ0v) is 11.2. The van der Waals surface area contributed by atoms with Gasteiger partial charge in [0.15, 0.2) is 5.76 Å². The molecule has 110 valence electrons. The van der Waals surface area contributed by atoms with E-state index in [-0.39, 0.29) is 42.8 Å². The first-order valence-corrected chi connectivity index (χ1v) is 6.40. The Morgan fingerprint density at radius 1 is 1.10 bits per heavy atom. The van der Waals surface area contributed by atoms with Crippen LogP contribution in [-0.2, 0) is 11.3 Å². The zero-order valence-electron chi connectivity index (χ0n) is 11.2. The number of furan rings is 1. The van der Waals surface area contributed by atoms with Crippen LogP contribution < -0.4 is 16.2 Å². The Morgan fingerprint density at radius 2 is 1.90 bits per heavy atom. The quantitative estimate of drug-likeness (QED) is 0.731. The molecular weight excluding hydrogens is 274 g/mol. The van der Waals surface area contributed by atoms with Gasteiger partial charge in [-0.15, -0.1) is 0 Å². The number of pyridine rings is 1. The largest absolute Gasteiger partial charge is 0.459 e. The second kappa shape index (κ2) is 7.09. The highest BCUT2D eigenvalue weighted by atomic mass is 16.3. The summed E-state index contributed by atoms with van der Waals surface area (Å²) in [5, 5.41) is 5.21. The molecule has 0 fully saturated rings. The number of aromatic nitrogens is 1. The second-order valence-electron chi connectivity index (χ2n) is 4.25. The van der Waals surface area contributed by atoms with Gasteiger partial charge in [-0.1, -0.05) is 6.07 Å². The maximum absolute atomic E-state index is 11.6. The summed E-state index contributed by atoms with van der Waals surface area (Å²) in [5.41, 5.74) is -0.237. The van der Waals surface area contributed by atoms with Crippen LogP contribution in [0.1, 0.15) is 10.6 Å². The molecule has 2 aromatic rings. The Balaban J connectivity index is 1.69.